The maximum Gasteiger partial charge on any atom is 0.216 e. The Morgan fingerprint density at radius 2 is 2.00 bits per heavy atom. The van der Waals surface area contributed by atoms with Gasteiger partial charge in [-0.15, -0.1) is 11.3 Å². The van der Waals surface area contributed by atoms with Crippen LogP contribution in [0.4, 0.5) is 0 Å². The summed E-state index contributed by atoms with van der Waals surface area (Å²) < 4.78 is 27.5. The average Bonchev–Trinajstić information content (AvgIpc) is 2.82. The van der Waals surface area contributed by atoms with Gasteiger partial charge in [0.2, 0.25) is 10.0 Å². The molecule has 0 saturated carbocycles. The van der Waals surface area contributed by atoms with Crippen molar-refractivity contribution in [2.45, 2.75) is 18.9 Å². The lowest BCUT2D eigenvalue weighted by molar-refractivity contribution is 0.282. The van der Waals surface area contributed by atoms with Crippen LogP contribution in [0.1, 0.15) is 16.0 Å². The molecule has 20 heavy (non-hydrogen) atoms. The lowest BCUT2D eigenvalue weighted by atomic mass is 10.1. The van der Waals surface area contributed by atoms with Gasteiger partial charge in [0.05, 0.1) is 12.4 Å². The summed E-state index contributed by atoms with van der Waals surface area (Å²) in [6.45, 7) is 0.184. The SMILES string of the molecule is O=S(=O)(Cc1cccc(CO)c1)NCc1sccc1Br. The Balaban J connectivity index is 2.02. The van der Waals surface area contributed by atoms with Crippen LogP contribution in [-0.2, 0) is 28.9 Å². The number of nitrogens with one attached hydrogen (secondary N) is 1. The van der Waals surface area contributed by atoms with E-state index >= 15 is 0 Å². The first-order valence-corrected chi connectivity index (χ1v) is 9.20. The molecule has 0 fully saturated rings. The van der Waals surface area contributed by atoms with Crippen LogP contribution in [0.2, 0.25) is 0 Å². The third kappa shape index (κ3) is 4.39. The molecule has 0 aliphatic carbocycles. The van der Waals surface area contributed by atoms with Crippen molar-refractivity contribution in [2.24, 2.45) is 0 Å². The number of aliphatic hydroxyl groups is 1. The largest absolute Gasteiger partial charge is 0.392 e. The third-order valence-corrected chi connectivity index (χ3v) is 5.90. The number of hydrogen-bond donors (Lipinski definition) is 2. The molecule has 4 nitrogen and oxygen atoms in total. The maximum absolute atomic E-state index is 12.0. The predicted octanol–water partition coefficient (Wildman–Crippen LogP) is 2.62. The number of rotatable bonds is 6. The van der Waals surface area contributed by atoms with E-state index < -0.39 is 10.0 Å². The van der Waals surface area contributed by atoms with E-state index in [9.17, 15) is 8.42 Å². The Morgan fingerprint density at radius 1 is 1.25 bits per heavy atom. The van der Waals surface area contributed by atoms with E-state index in [2.05, 4.69) is 20.7 Å². The molecule has 0 radical (unpaired) electrons. The molecule has 1 heterocycles. The molecule has 0 saturated heterocycles. The van der Waals surface area contributed by atoms with Crippen LogP contribution in [0.3, 0.4) is 0 Å². The van der Waals surface area contributed by atoms with Crippen molar-refractivity contribution in [3.63, 3.8) is 0 Å². The summed E-state index contributed by atoms with van der Waals surface area (Å²) in [6.07, 6.45) is 0. The van der Waals surface area contributed by atoms with Crippen molar-refractivity contribution in [1.29, 1.82) is 0 Å². The van der Waals surface area contributed by atoms with Gasteiger partial charge in [0.25, 0.3) is 0 Å². The third-order valence-electron chi connectivity index (χ3n) is 2.67. The van der Waals surface area contributed by atoms with Crippen LogP contribution in [0, 0.1) is 0 Å². The van der Waals surface area contributed by atoms with Crippen molar-refractivity contribution in [1.82, 2.24) is 4.72 Å². The normalized spacial score (nSPS) is 11.7. The second-order valence-corrected chi connectivity index (χ2v) is 7.91. The minimum Gasteiger partial charge on any atom is -0.392 e. The second kappa shape index (κ2) is 6.82. The quantitative estimate of drug-likeness (QED) is 0.815. The Kier molecular flexibility index (Phi) is 5.34. The van der Waals surface area contributed by atoms with Crippen LogP contribution >= 0.6 is 27.3 Å². The number of aliphatic hydroxyl groups excluding tert-OH is 1. The minimum absolute atomic E-state index is 0.0934. The highest BCUT2D eigenvalue weighted by atomic mass is 79.9. The first-order valence-electron chi connectivity index (χ1n) is 5.88. The summed E-state index contributed by atoms with van der Waals surface area (Å²) in [5.41, 5.74) is 1.37. The zero-order chi connectivity index (χ0) is 14.6. The van der Waals surface area contributed by atoms with E-state index in [-0.39, 0.29) is 18.9 Å². The average molecular weight is 376 g/mol. The van der Waals surface area contributed by atoms with E-state index in [0.717, 1.165) is 9.35 Å². The number of sulfonamides is 1. The summed E-state index contributed by atoms with van der Waals surface area (Å²) in [6, 6.07) is 8.82. The Morgan fingerprint density at radius 3 is 2.65 bits per heavy atom. The summed E-state index contributed by atoms with van der Waals surface area (Å²) in [4.78, 5) is 0.942. The number of hydrogen-bond acceptors (Lipinski definition) is 4. The van der Waals surface area contributed by atoms with Gasteiger partial charge in [-0.05, 0) is 38.5 Å². The molecule has 2 N–H and O–H groups in total. The van der Waals surface area contributed by atoms with E-state index in [1.165, 1.54) is 11.3 Å². The van der Waals surface area contributed by atoms with Crippen LogP contribution in [-0.4, -0.2) is 13.5 Å². The van der Waals surface area contributed by atoms with Crippen LogP contribution < -0.4 is 4.72 Å². The van der Waals surface area contributed by atoms with E-state index in [0.29, 0.717) is 11.1 Å². The highest BCUT2D eigenvalue weighted by Gasteiger charge is 2.13. The van der Waals surface area contributed by atoms with Crippen LogP contribution in [0.5, 0.6) is 0 Å². The summed E-state index contributed by atoms with van der Waals surface area (Å²) in [5.74, 6) is -0.0934. The standard InChI is InChI=1S/C13H14BrNO3S2/c14-12-4-5-19-13(12)7-15-20(17,18)9-11-3-1-2-10(6-11)8-16/h1-6,15-16H,7-9H2. The molecule has 0 aliphatic rings. The fraction of sp³-hybridized carbons (Fsp3) is 0.231. The zero-order valence-corrected chi connectivity index (χ0v) is 13.8. The van der Waals surface area contributed by atoms with E-state index in [1.807, 2.05) is 11.4 Å². The molecule has 0 amide bonds. The van der Waals surface area contributed by atoms with E-state index in [1.54, 1.807) is 24.3 Å². The molecule has 1 aromatic heterocycles. The highest BCUT2D eigenvalue weighted by molar-refractivity contribution is 9.10. The molecule has 2 aromatic rings. The van der Waals surface area contributed by atoms with Gasteiger partial charge in [-0.1, -0.05) is 24.3 Å². The number of thiophene rings is 1. The van der Waals surface area contributed by atoms with Crippen molar-refractivity contribution >= 4 is 37.3 Å². The molecule has 0 unspecified atom stereocenters. The molecule has 108 valence electrons. The van der Waals surface area contributed by atoms with Crippen LogP contribution in [0.25, 0.3) is 0 Å². The first kappa shape index (κ1) is 15.7. The van der Waals surface area contributed by atoms with Gasteiger partial charge in [0.15, 0.2) is 0 Å². The fourth-order valence-corrected chi connectivity index (χ4v) is 4.32. The Hall–Kier alpha value is -0.730. The number of halogens is 1. The van der Waals surface area contributed by atoms with Crippen LogP contribution in [0.15, 0.2) is 40.2 Å². The maximum atomic E-state index is 12.0. The molecule has 0 aliphatic heterocycles. The van der Waals surface area contributed by atoms with Gasteiger partial charge in [0, 0.05) is 15.9 Å². The summed E-state index contributed by atoms with van der Waals surface area (Å²) in [5, 5.41) is 11.0. The molecule has 0 atom stereocenters. The smallest absolute Gasteiger partial charge is 0.216 e. The minimum atomic E-state index is -3.40. The first-order chi connectivity index (χ1) is 9.50. The molecule has 0 spiro atoms. The zero-order valence-electron chi connectivity index (χ0n) is 10.5. The lowest BCUT2D eigenvalue weighted by Crippen LogP contribution is -2.24. The van der Waals surface area contributed by atoms with Crippen molar-refractivity contribution in [2.75, 3.05) is 0 Å². The Bertz CT molecular complexity index is 682. The predicted molar refractivity (Wildman–Crippen MR) is 83.8 cm³/mol. The van der Waals surface area contributed by atoms with Crippen molar-refractivity contribution in [3.8, 4) is 0 Å². The topological polar surface area (TPSA) is 66.4 Å². The van der Waals surface area contributed by atoms with Crippen molar-refractivity contribution < 1.29 is 13.5 Å². The molecular formula is C13H14BrNO3S2. The number of benzene rings is 1. The molecule has 7 heteroatoms. The lowest BCUT2D eigenvalue weighted by Gasteiger charge is -2.07. The van der Waals surface area contributed by atoms with Crippen molar-refractivity contribution in [3.05, 3.63) is 56.2 Å². The second-order valence-electron chi connectivity index (χ2n) is 4.25. The van der Waals surface area contributed by atoms with Gasteiger partial charge in [-0.2, -0.15) is 0 Å². The van der Waals surface area contributed by atoms with Gasteiger partial charge in [-0.3, -0.25) is 0 Å². The van der Waals surface area contributed by atoms with Gasteiger partial charge >= 0.3 is 0 Å². The highest BCUT2D eigenvalue weighted by Crippen LogP contribution is 2.22. The molecule has 2 rings (SSSR count). The van der Waals surface area contributed by atoms with E-state index in [4.69, 9.17) is 5.11 Å². The monoisotopic (exact) mass is 375 g/mol. The summed E-state index contributed by atoms with van der Waals surface area (Å²) >= 11 is 4.86. The van der Waals surface area contributed by atoms with Gasteiger partial charge in [0.1, 0.15) is 0 Å². The molecule has 0 bridgehead atoms. The molecule has 1 aromatic carbocycles. The molecular weight excluding hydrogens is 362 g/mol. The Labute approximate surface area is 130 Å². The fourth-order valence-electron chi connectivity index (χ4n) is 1.71. The summed E-state index contributed by atoms with van der Waals surface area (Å²) in [7, 11) is -3.40. The van der Waals surface area contributed by atoms with Gasteiger partial charge < -0.3 is 5.11 Å². The van der Waals surface area contributed by atoms with Gasteiger partial charge in [-0.25, -0.2) is 13.1 Å².